The smallest absolute Gasteiger partial charge is 0.237 e. The van der Waals surface area contributed by atoms with E-state index >= 15 is 0 Å². The Kier molecular flexibility index (Phi) is 5.62. The van der Waals surface area contributed by atoms with E-state index in [1.165, 1.54) is 0 Å². The van der Waals surface area contributed by atoms with E-state index in [-0.39, 0.29) is 24.4 Å². The topological polar surface area (TPSA) is 67.2 Å². The first-order valence-electron chi connectivity index (χ1n) is 6.11. The number of aromatic nitrogens is 1. The molecule has 0 aliphatic carbocycles. The number of halogens is 1. The van der Waals surface area contributed by atoms with Crippen LogP contribution in [0.5, 0.6) is 0 Å². The summed E-state index contributed by atoms with van der Waals surface area (Å²) in [6.07, 6.45) is 3.21. The fourth-order valence-corrected chi connectivity index (χ4v) is 2.13. The van der Waals surface area contributed by atoms with Crippen molar-refractivity contribution in [2.45, 2.75) is 45.7 Å². The lowest BCUT2D eigenvalue weighted by atomic mass is 10.0. The van der Waals surface area contributed by atoms with Crippen LogP contribution in [0.3, 0.4) is 0 Å². The molecule has 1 aliphatic rings. The molecule has 1 unspecified atom stereocenters. The Balaban J connectivity index is 0.00000162. The highest BCUT2D eigenvalue weighted by Crippen LogP contribution is 2.12. The number of nitrogens with zero attached hydrogens (tertiary/aromatic N) is 1. The molecule has 1 amide bonds. The fraction of sp³-hybridized carbons (Fsp3) is 0.667. The molecule has 6 heteroatoms. The van der Waals surface area contributed by atoms with Crippen molar-refractivity contribution in [3.63, 3.8) is 0 Å². The number of amides is 1. The lowest BCUT2D eigenvalue weighted by Crippen LogP contribution is -2.46. The maximum atomic E-state index is 11.9. The van der Waals surface area contributed by atoms with E-state index in [9.17, 15) is 4.79 Å². The first-order chi connectivity index (χ1) is 8.18. The zero-order chi connectivity index (χ0) is 12.3. The SMILES string of the molecule is Cc1noc(C)c1CNC(=O)C1CCCCN1.Cl. The van der Waals surface area contributed by atoms with Gasteiger partial charge in [-0.25, -0.2) is 0 Å². The lowest BCUT2D eigenvalue weighted by Gasteiger charge is -2.22. The van der Waals surface area contributed by atoms with Crippen LogP contribution in [-0.4, -0.2) is 23.7 Å². The number of carbonyl (C=O) groups excluding carboxylic acids is 1. The minimum atomic E-state index is -0.0378. The highest BCUT2D eigenvalue weighted by atomic mass is 35.5. The van der Waals surface area contributed by atoms with Crippen molar-refractivity contribution in [3.05, 3.63) is 17.0 Å². The molecule has 1 aliphatic heterocycles. The van der Waals surface area contributed by atoms with E-state index in [4.69, 9.17) is 4.52 Å². The highest BCUT2D eigenvalue weighted by molar-refractivity contribution is 5.85. The van der Waals surface area contributed by atoms with Gasteiger partial charge in [0.2, 0.25) is 5.91 Å². The predicted octanol–water partition coefficient (Wildman–Crippen LogP) is 1.47. The van der Waals surface area contributed by atoms with Crippen molar-refractivity contribution in [2.24, 2.45) is 0 Å². The monoisotopic (exact) mass is 273 g/mol. The summed E-state index contributed by atoms with van der Waals surface area (Å²) in [5.74, 6) is 0.851. The van der Waals surface area contributed by atoms with Crippen LogP contribution in [-0.2, 0) is 11.3 Å². The number of aryl methyl sites for hydroxylation is 2. The minimum absolute atomic E-state index is 0. The molecule has 1 aromatic heterocycles. The van der Waals surface area contributed by atoms with Crippen LogP contribution in [0.2, 0.25) is 0 Å². The van der Waals surface area contributed by atoms with Gasteiger partial charge in [0.15, 0.2) is 0 Å². The van der Waals surface area contributed by atoms with Gasteiger partial charge in [0, 0.05) is 12.1 Å². The first-order valence-corrected chi connectivity index (χ1v) is 6.11. The average Bonchev–Trinajstić information content (AvgIpc) is 2.67. The summed E-state index contributed by atoms with van der Waals surface area (Å²) in [6.45, 7) is 5.18. The molecule has 1 atom stereocenters. The van der Waals surface area contributed by atoms with Crippen LogP contribution in [0.15, 0.2) is 4.52 Å². The van der Waals surface area contributed by atoms with Gasteiger partial charge < -0.3 is 15.2 Å². The summed E-state index contributed by atoms with van der Waals surface area (Å²) in [6, 6.07) is -0.0378. The van der Waals surface area contributed by atoms with Crippen LogP contribution < -0.4 is 10.6 Å². The molecule has 5 nitrogen and oxygen atoms in total. The molecule has 0 spiro atoms. The molecule has 2 rings (SSSR count). The Hall–Kier alpha value is -1.07. The molecule has 1 fully saturated rings. The van der Waals surface area contributed by atoms with E-state index in [2.05, 4.69) is 15.8 Å². The van der Waals surface area contributed by atoms with Crippen molar-refractivity contribution in [3.8, 4) is 0 Å². The van der Waals surface area contributed by atoms with E-state index < -0.39 is 0 Å². The molecule has 0 bridgehead atoms. The van der Waals surface area contributed by atoms with E-state index in [0.717, 1.165) is 42.8 Å². The van der Waals surface area contributed by atoms with Crippen LogP contribution in [0, 0.1) is 13.8 Å². The number of piperidine rings is 1. The van der Waals surface area contributed by atoms with Gasteiger partial charge in [-0.3, -0.25) is 4.79 Å². The first kappa shape index (κ1) is 15.0. The van der Waals surface area contributed by atoms with Crippen molar-refractivity contribution in [2.75, 3.05) is 6.54 Å². The normalized spacial score (nSPS) is 19.1. The second-order valence-electron chi connectivity index (χ2n) is 4.52. The minimum Gasteiger partial charge on any atom is -0.361 e. The van der Waals surface area contributed by atoms with Gasteiger partial charge in [0.25, 0.3) is 0 Å². The Morgan fingerprint density at radius 1 is 1.50 bits per heavy atom. The van der Waals surface area contributed by atoms with E-state index in [1.807, 2.05) is 13.8 Å². The van der Waals surface area contributed by atoms with Gasteiger partial charge in [-0.2, -0.15) is 0 Å². The lowest BCUT2D eigenvalue weighted by molar-refractivity contribution is -0.123. The number of carbonyl (C=O) groups is 1. The third-order valence-corrected chi connectivity index (χ3v) is 3.25. The Morgan fingerprint density at radius 3 is 2.83 bits per heavy atom. The quantitative estimate of drug-likeness (QED) is 0.875. The average molecular weight is 274 g/mol. The third kappa shape index (κ3) is 3.46. The van der Waals surface area contributed by atoms with Crippen molar-refractivity contribution >= 4 is 18.3 Å². The summed E-state index contributed by atoms with van der Waals surface area (Å²) in [4.78, 5) is 11.9. The van der Waals surface area contributed by atoms with Gasteiger partial charge in [0.05, 0.1) is 11.7 Å². The van der Waals surface area contributed by atoms with Crippen LogP contribution >= 0.6 is 12.4 Å². The van der Waals surface area contributed by atoms with Crippen molar-refractivity contribution in [1.82, 2.24) is 15.8 Å². The maximum Gasteiger partial charge on any atom is 0.237 e. The fourth-order valence-electron chi connectivity index (χ4n) is 2.13. The van der Waals surface area contributed by atoms with Crippen LogP contribution in [0.1, 0.15) is 36.3 Å². The second-order valence-corrected chi connectivity index (χ2v) is 4.52. The number of nitrogens with one attached hydrogen (secondary N) is 2. The van der Waals surface area contributed by atoms with Crippen molar-refractivity contribution < 1.29 is 9.32 Å². The van der Waals surface area contributed by atoms with E-state index in [1.54, 1.807) is 0 Å². The van der Waals surface area contributed by atoms with Gasteiger partial charge in [0.1, 0.15) is 5.76 Å². The molecule has 1 saturated heterocycles. The van der Waals surface area contributed by atoms with Crippen LogP contribution in [0.25, 0.3) is 0 Å². The zero-order valence-corrected chi connectivity index (χ0v) is 11.6. The highest BCUT2D eigenvalue weighted by Gasteiger charge is 2.20. The molecule has 1 aromatic rings. The van der Waals surface area contributed by atoms with E-state index in [0.29, 0.717) is 6.54 Å². The largest absolute Gasteiger partial charge is 0.361 e. The molecular formula is C12H20ClN3O2. The van der Waals surface area contributed by atoms with Gasteiger partial charge in [-0.15, -0.1) is 12.4 Å². The molecule has 0 saturated carbocycles. The standard InChI is InChI=1S/C12H19N3O2.ClH/c1-8-10(9(2)17-15-8)7-14-12(16)11-5-3-4-6-13-11;/h11,13H,3-7H2,1-2H3,(H,14,16);1H. The van der Waals surface area contributed by atoms with Gasteiger partial charge >= 0.3 is 0 Å². The Bertz CT molecular complexity index is 381. The summed E-state index contributed by atoms with van der Waals surface area (Å²) < 4.78 is 5.06. The van der Waals surface area contributed by atoms with Gasteiger partial charge in [-0.1, -0.05) is 11.6 Å². The van der Waals surface area contributed by atoms with Crippen LogP contribution in [0.4, 0.5) is 0 Å². The molecule has 0 aromatic carbocycles. The predicted molar refractivity (Wildman–Crippen MR) is 70.7 cm³/mol. The van der Waals surface area contributed by atoms with Gasteiger partial charge in [-0.05, 0) is 33.2 Å². The number of rotatable bonds is 3. The Morgan fingerprint density at radius 2 is 2.28 bits per heavy atom. The molecule has 2 heterocycles. The number of hydrogen-bond acceptors (Lipinski definition) is 4. The number of hydrogen-bond donors (Lipinski definition) is 2. The second kappa shape index (κ2) is 6.75. The summed E-state index contributed by atoms with van der Waals surface area (Å²) >= 11 is 0. The zero-order valence-electron chi connectivity index (χ0n) is 10.8. The summed E-state index contributed by atoms with van der Waals surface area (Å²) in [5, 5.41) is 10.0. The molecule has 18 heavy (non-hydrogen) atoms. The molecular weight excluding hydrogens is 254 g/mol. The van der Waals surface area contributed by atoms with Crippen molar-refractivity contribution in [1.29, 1.82) is 0 Å². The summed E-state index contributed by atoms with van der Waals surface area (Å²) in [5.41, 5.74) is 1.83. The molecule has 102 valence electrons. The third-order valence-electron chi connectivity index (χ3n) is 3.25. The maximum absolute atomic E-state index is 11.9. The Labute approximate surface area is 113 Å². The summed E-state index contributed by atoms with van der Waals surface area (Å²) in [7, 11) is 0. The molecule has 2 N–H and O–H groups in total. The molecule has 0 radical (unpaired) electrons.